The van der Waals surface area contributed by atoms with Crippen LogP contribution in [0.4, 0.5) is 10.6 Å². The molecule has 0 bridgehead atoms. The second-order valence-corrected chi connectivity index (χ2v) is 10.6. The number of nitrogens with one attached hydrogen (secondary N) is 1. The lowest BCUT2D eigenvalue weighted by Crippen LogP contribution is -2.49. The van der Waals surface area contributed by atoms with Crippen molar-refractivity contribution in [3.05, 3.63) is 93.6 Å². The Bertz CT molecular complexity index is 1260. The smallest absolute Gasteiger partial charge is 0.408 e. The van der Waals surface area contributed by atoms with Crippen molar-refractivity contribution in [2.75, 3.05) is 11.4 Å². The van der Waals surface area contributed by atoms with E-state index in [1.54, 1.807) is 50.1 Å². The van der Waals surface area contributed by atoms with Crippen molar-refractivity contribution >= 4 is 41.0 Å². The number of alkyl carbamates (subject to hydrolysis) is 1. The molecule has 2 aromatic carbocycles. The zero-order valence-electron chi connectivity index (χ0n) is 20.9. The van der Waals surface area contributed by atoms with Gasteiger partial charge in [-0.25, -0.2) is 9.78 Å². The molecule has 9 heteroatoms. The molecule has 0 aliphatic carbocycles. The van der Waals surface area contributed by atoms with Gasteiger partial charge < -0.3 is 14.8 Å². The third-order valence-corrected chi connectivity index (χ3v) is 6.34. The van der Waals surface area contributed by atoms with E-state index in [1.165, 1.54) is 0 Å². The first kappa shape index (κ1) is 26.9. The van der Waals surface area contributed by atoms with Crippen LogP contribution in [-0.4, -0.2) is 35.2 Å². The van der Waals surface area contributed by atoms with Gasteiger partial charge in [0, 0.05) is 22.8 Å². The van der Waals surface area contributed by atoms with Crippen LogP contribution in [0.15, 0.2) is 66.9 Å². The van der Waals surface area contributed by atoms with Crippen molar-refractivity contribution in [3.8, 4) is 0 Å². The Morgan fingerprint density at radius 2 is 1.84 bits per heavy atom. The molecule has 0 spiro atoms. The highest BCUT2D eigenvalue weighted by Crippen LogP contribution is 2.33. The zero-order chi connectivity index (χ0) is 26.6. The van der Waals surface area contributed by atoms with Crippen molar-refractivity contribution in [3.63, 3.8) is 0 Å². The zero-order valence-corrected chi connectivity index (χ0v) is 22.4. The number of pyridine rings is 1. The van der Waals surface area contributed by atoms with Crippen LogP contribution in [0.5, 0.6) is 0 Å². The molecule has 0 unspecified atom stereocenters. The molecule has 1 N–H and O–H groups in total. The van der Waals surface area contributed by atoms with E-state index >= 15 is 0 Å². The molecule has 0 saturated carbocycles. The Balaban J connectivity index is 1.73. The SMILES string of the molecule is CC(C)(C)OC(=O)N[C@@H](c1ccc(Cl)cc1Cl)[C@@H](OCc1ccccc1)C(=O)N1CCc2cccnc21. The molecule has 2 heterocycles. The number of carbonyl (C=O) groups is 2. The lowest BCUT2D eigenvalue weighted by atomic mass is 9.99. The van der Waals surface area contributed by atoms with Crippen LogP contribution in [0.25, 0.3) is 0 Å². The molecule has 1 aliphatic rings. The lowest BCUT2D eigenvalue weighted by molar-refractivity contribution is -0.133. The topological polar surface area (TPSA) is 80.8 Å². The Morgan fingerprint density at radius 3 is 2.54 bits per heavy atom. The first-order chi connectivity index (χ1) is 17.6. The summed E-state index contributed by atoms with van der Waals surface area (Å²) >= 11 is 12.7. The van der Waals surface area contributed by atoms with Crippen LogP contribution in [0.3, 0.4) is 0 Å². The van der Waals surface area contributed by atoms with Crippen molar-refractivity contribution in [1.29, 1.82) is 0 Å². The quantitative estimate of drug-likeness (QED) is 0.389. The van der Waals surface area contributed by atoms with Gasteiger partial charge in [-0.05, 0) is 62.1 Å². The number of anilines is 1. The Morgan fingerprint density at radius 1 is 1.08 bits per heavy atom. The summed E-state index contributed by atoms with van der Waals surface area (Å²) in [5.74, 6) is 0.236. The summed E-state index contributed by atoms with van der Waals surface area (Å²) in [5, 5.41) is 3.55. The summed E-state index contributed by atoms with van der Waals surface area (Å²) in [6, 6.07) is 17.2. The fraction of sp³-hybridized carbons (Fsp3) is 0.321. The van der Waals surface area contributed by atoms with Crippen molar-refractivity contribution in [2.24, 2.45) is 0 Å². The van der Waals surface area contributed by atoms with E-state index in [-0.39, 0.29) is 17.5 Å². The van der Waals surface area contributed by atoms with Crippen LogP contribution >= 0.6 is 23.2 Å². The molecule has 0 radical (unpaired) electrons. The molecule has 194 valence electrons. The van der Waals surface area contributed by atoms with E-state index in [0.717, 1.165) is 11.1 Å². The molecule has 4 rings (SSSR count). The summed E-state index contributed by atoms with van der Waals surface area (Å²) in [7, 11) is 0. The first-order valence-corrected chi connectivity index (χ1v) is 12.7. The first-order valence-electron chi connectivity index (χ1n) is 12.0. The highest BCUT2D eigenvalue weighted by molar-refractivity contribution is 6.35. The summed E-state index contributed by atoms with van der Waals surface area (Å²) in [5.41, 5.74) is 1.57. The van der Waals surface area contributed by atoms with E-state index in [2.05, 4.69) is 10.3 Å². The van der Waals surface area contributed by atoms with E-state index in [9.17, 15) is 9.59 Å². The number of hydrogen-bond donors (Lipinski definition) is 1. The van der Waals surface area contributed by atoms with Gasteiger partial charge in [-0.15, -0.1) is 0 Å². The summed E-state index contributed by atoms with van der Waals surface area (Å²) in [4.78, 5) is 33.1. The molecule has 0 fully saturated rings. The minimum Gasteiger partial charge on any atom is -0.444 e. The number of benzene rings is 2. The fourth-order valence-corrected chi connectivity index (χ4v) is 4.68. The van der Waals surface area contributed by atoms with E-state index in [0.29, 0.717) is 29.4 Å². The van der Waals surface area contributed by atoms with Gasteiger partial charge in [0.05, 0.1) is 12.6 Å². The van der Waals surface area contributed by atoms with Crippen LogP contribution < -0.4 is 10.2 Å². The van der Waals surface area contributed by atoms with Crippen LogP contribution in [0.1, 0.15) is 43.5 Å². The number of rotatable bonds is 7. The predicted molar refractivity (Wildman–Crippen MR) is 144 cm³/mol. The largest absolute Gasteiger partial charge is 0.444 e. The Kier molecular flexibility index (Phi) is 8.37. The standard InChI is InChI=1S/C28H29Cl2N3O4/c1-28(2,3)37-27(35)32-23(21-12-11-20(29)16-22(21)30)24(36-17-18-8-5-4-6-9-18)26(34)33-15-13-19-10-7-14-31-25(19)33/h4-12,14,16,23-24H,13,15,17H2,1-3H3,(H,32,35)/t23-,24+/m0/s1. The lowest BCUT2D eigenvalue weighted by Gasteiger charge is -2.32. The van der Waals surface area contributed by atoms with Crippen molar-refractivity contribution < 1.29 is 19.1 Å². The number of ether oxygens (including phenoxy) is 2. The van der Waals surface area contributed by atoms with E-state index in [4.69, 9.17) is 32.7 Å². The normalized spacial score (nSPS) is 14.6. The maximum Gasteiger partial charge on any atom is 0.408 e. The molecule has 2 atom stereocenters. The maximum atomic E-state index is 14.1. The number of carbonyl (C=O) groups excluding carboxylic acids is 2. The van der Waals surface area contributed by atoms with Gasteiger partial charge in [0.1, 0.15) is 11.4 Å². The van der Waals surface area contributed by atoms with Gasteiger partial charge in [-0.3, -0.25) is 9.69 Å². The molecule has 1 aromatic heterocycles. The third kappa shape index (κ3) is 6.80. The second-order valence-electron chi connectivity index (χ2n) is 9.73. The van der Waals surface area contributed by atoms with Gasteiger partial charge in [0.2, 0.25) is 0 Å². The molecule has 2 amide bonds. The van der Waals surface area contributed by atoms with Gasteiger partial charge in [0.25, 0.3) is 5.91 Å². The average molecular weight is 542 g/mol. The van der Waals surface area contributed by atoms with Gasteiger partial charge in [-0.2, -0.15) is 0 Å². The van der Waals surface area contributed by atoms with E-state index < -0.39 is 23.8 Å². The highest BCUT2D eigenvalue weighted by Gasteiger charge is 2.39. The minimum absolute atomic E-state index is 0.137. The monoisotopic (exact) mass is 541 g/mol. The third-order valence-electron chi connectivity index (χ3n) is 5.78. The van der Waals surface area contributed by atoms with Gasteiger partial charge in [0.15, 0.2) is 6.10 Å². The van der Waals surface area contributed by atoms with Crippen molar-refractivity contribution in [1.82, 2.24) is 10.3 Å². The van der Waals surface area contributed by atoms with Crippen LogP contribution in [0.2, 0.25) is 10.0 Å². The highest BCUT2D eigenvalue weighted by atomic mass is 35.5. The molecule has 37 heavy (non-hydrogen) atoms. The van der Waals surface area contributed by atoms with Crippen LogP contribution in [-0.2, 0) is 27.3 Å². The van der Waals surface area contributed by atoms with E-state index in [1.807, 2.05) is 42.5 Å². The number of amides is 2. The molecular formula is C28H29Cl2N3O4. The predicted octanol–water partition coefficient (Wildman–Crippen LogP) is 6.13. The number of hydrogen-bond acceptors (Lipinski definition) is 5. The van der Waals surface area contributed by atoms with Crippen molar-refractivity contribution in [2.45, 2.75) is 51.5 Å². The number of halogens is 2. The summed E-state index contributed by atoms with van der Waals surface area (Å²) in [6.45, 7) is 5.87. The fourth-order valence-electron chi connectivity index (χ4n) is 4.15. The number of fused-ring (bicyclic) bond motifs is 1. The second kappa shape index (κ2) is 11.5. The van der Waals surface area contributed by atoms with Gasteiger partial charge in [-0.1, -0.05) is 65.7 Å². The number of nitrogens with zero attached hydrogens (tertiary/aromatic N) is 2. The van der Waals surface area contributed by atoms with Gasteiger partial charge >= 0.3 is 6.09 Å². The minimum atomic E-state index is -1.14. The maximum absolute atomic E-state index is 14.1. The van der Waals surface area contributed by atoms with Crippen LogP contribution in [0, 0.1) is 0 Å². The Hall–Kier alpha value is -3.13. The molecule has 3 aromatic rings. The summed E-state index contributed by atoms with van der Waals surface area (Å²) in [6.07, 6.45) is 0.479. The Labute approximate surface area is 226 Å². The molecular weight excluding hydrogens is 513 g/mol. The molecule has 0 saturated heterocycles. The number of aromatic nitrogens is 1. The molecule has 1 aliphatic heterocycles. The summed E-state index contributed by atoms with van der Waals surface area (Å²) < 4.78 is 11.8. The average Bonchev–Trinajstić information content (AvgIpc) is 3.27. The molecule has 7 nitrogen and oxygen atoms in total.